The molecule has 1 atom stereocenters. The van der Waals surface area contributed by atoms with Crippen molar-refractivity contribution in [1.29, 1.82) is 0 Å². The Balaban J connectivity index is 2.39. The third-order valence-corrected chi connectivity index (χ3v) is 3.36. The van der Waals surface area contributed by atoms with Gasteiger partial charge >= 0.3 is 0 Å². The zero-order valence-corrected chi connectivity index (χ0v) is 12.0. The van der Waals surface area contributed by atoms with Crippen molar-refractivity contribution in [3.8, 4) is 0 Å². The van der Waals surface area contributed by atoms with E-state index in [-0.39, 0.29) is 0 Å². The topological polar surface area (TPSA) is 21.3 Å². The fraction of sp³-hybridized carbons (Fsp3) is 0.625. The first kappa shape index (κ1) is 15.2. The lowest BCUT2D eigenvalue weighted by Gasteiger charge is -2.17. The maximum Gasteiger partial charge on any atom is 0.0462 e. The maximum absolute atomic E-state index is 5.06. The number of aryl methyl sites for hydroxylation is 1. The largest absolute Gasteiger partial charge is 0.385 e. The number of hydrogen-bond donors (Lipinski definition) is 1. The van der Waals surface area contributed by atoms with Gasteiger partial charge in [-0.15, -0.1) is 0 Å². The first-order chi connectivity index (χ1) is 8.81. The van der Waals surface area contributed by atoms with E-state index in [1.54, 1.807) is 7.11 Å². The van der Waals surface area contributed by atoms with Crippen LogP contribution >= 0.6 is 0 Å². The van der Waals surface area contributed by atoms with Crippen LogP contribution in [0.1, 0.15) is 50.3 Å². The molecule has 0 bridgehead atoms. The van der Waals surface area contributed by atoms with Gasteiger partial charge in [-0.25, -0.2) is 0 Å². The second-order valence-electron chi connectivity index (χ2n) is 4.71. The molecule has 0 radical (unpaired) electrons. The minimum atomic E-state index is 0.485. The predicted octanol–water partition coefficient (Wildman–Crippen LogP) is 3.72. The van der Waals surface area contributed by atoms with E-state index >= 15 is 0 Å². The number of benzene rings is 1. The van der Waals surface area contributed by atoms with Crippen molar-refractivity contribution in [3.63, 3.8) is 0 Å². The van der Waals surface area contributed by atoms with Crippen LogP contribution in [-0.2, 0) is 11.2 Å². The highest BCUT2D eigenvalue weighted by Gasteiger charge is 2.07. The van der Waals surface area contributed by atoms with Gasteiger partial charge in [-0.3, -0.25) is 0 Å². The number of rotatable bonds is 9. The molecule has 1 aromatic rings. The van der Waals surface area contributed by atoms with Crippen LogP contribution in [0.4, 0.5) is 0 Å². The smallest absolute Gasteiger partial charge is 0.0462 e. The van der Waals surface area contributed by atoms with E-state index in [9.17, 15) is 0 Å². The van der Waals surface area contributed by atoms with Gasteiger partial charge in [0, 0.05) is 19.8 Å². The maximum atomic E-state index is 5.06. The van der Waals surface area contributed by atoms with E-state index in [4.69, 9.17) is 4.74 Å². The van der Waals surface area contributed by atoms with Crippen molar-refractivity contribution in [3.05, 3.63) is 35.4 Å². The molecule has 2 heteroatoms. The minimum Gasteiger partial charge on any atom is -0.385 e. The summed E-state index contributed by atoms with van der Waals surface area (Å²) in [4.78, 5) is 0. The summed E-state index contributed by atoms with van der Waals surface area (Å²) in [6, 6.07) is 9.48. The Morgan fingerprint density at radius 2 is 1.83 bits per heavy atom. The van der Waals surface area contributed by atoms with Crippen LogP contribution in [0.5, 0.6) is 0 Å². The molecule has 0 heterocycles. The number of hydrogen-bond acceptors (Lipinski definition) is 2. The predicted molar refractivity (Wildman–Crippen MR) is 78.0 cm³/mol. The van der Waals surface area contributed by atoms with Gasteiger partial charge < -0.3 is 10.1 Å². The van der Waals surface area contributed by atoms with Gasteiger partial charge in [-0.05, 0) is 43.4 Å². The molecule has 0 aromatic heterocycles. The minimum absolute atomic E-state index is 0.485. The molecule has 0 fully saturated rings. The lowest BCUT2D eigenvalue weighted by molar-refractivity contribution is 0.192. The molecule has 0 amide bonds. The van der Waals surface area contributed by atoms with Crippen LogP contribution in [-0.4, -0.2) is 20.3 Å². The molecule has 0 aliphatic rings. The normalized spacial score (nSPS) is 12.6. The van der Waals surface area contributed by atoms with Crippen LogP contribution in [0.15, 0.2) is 24.3 Å². The molecule has 0 aliphatic carbocycles. The molecule has 1 unspecified atom stereocenters. The fourth-order valence-electron chi connectivity index (χ4n) is 2.13. The van der Waals surface area contributed by atoms with Crippen molar-refractivity contribution < 1.29 is 4.74 Å². The molecule has 2 nitrogen and oxygen atoms in total. The van der Waals surface area contributed by atoms with Crippen molar-refractivity contribution in [2.24, 2.45) is 0 Å². The number of unbranched alkanes of at least 4 members (excludes halogenated alkanes) is 1. The van der Waals surface area contributed by atoms with E-state index in [2.05, 4.69) is 43.4 Å². The van der Waals surface area contributed by atoms with Gasteiger partial charge in [0.15, 0.2) is 0 Å². The Bertz CT molecular complexity index is 307. The second kappa shape index (κ2) is 9.12. The van der Waals surface area contributed by atoms with Gasteiger partial charge in [-0.2, -0.15) is 0 Å². The first-order valence-electron chi connectivity index (χ1n) is 7.13. The SMILES string of the molecule is CCc1ccc(C(CC)NCCCCOC)cc1. The molecule has 18 heavy (non-hydrogen) atoms. The van der Waals surface area contributed by atoms with E-state index < -0.39 is 0 Å². The average Bonchev–Trinajstić information content (AvgIpc) is 2.43. The zero-order valence-electron chi connectivity index (χ0n) is 12.0. The zero-order chi connectivity index (χ0) is 13.2. The van der Waals surface area contributed by atoms with E-state index in [1.807, 2.05) is 0 Å². The third-order valence-electron chi connectivity index (χ3n) is 3.36. The van der Waals surface area contributed by atoms with Crippen LogP contribution in [0.3, 0.4) is 0 Å². The summed E-state index contributed by atoms with van der Waals surface area (Å²) in [6.07, 6.45) is 4.56. The van der Waals surface area contributed by atoms with Crippen molar-refractivity contribution in [2.45, 2.75) is 45.6 Å². The van der Waals surface area contributed by atoms with Gasteiger partial charge in [0.25, 0.3) is 0 Å². The summed E-state index contributed by atoms with van der Waals surface area (Å²) in [5.41, 5.74) is 2.81. The summed E-state index contributed by atoms with van der Waals surface area (Å²) in [5.74, 6) is 0. The molecule has 1 aromatic carbocycles. The van der Waals surface area contributed by atoms with Gasteiger partial charge in [0.1, 0.15) is 0 Å². The van der Waals surface area contributed by atoms with Crippen LogP contribution in [0.2, 0.25) is 0 Å². The number of methoxy groups -OCH3 is 1. The summed E-state index contributed by atoms with van der Waals surface area (Å²) < 4.78 is 5.06. The van der Waals surface area contributed by atoms with E-state index in [1.165, 1.54) is 17.5 Å². The second-order valence-corrected chi connectivity index (χ2v) is 4.71. The molecule has 0 saturated heterocycles. The van der Waals surface area contributed by atoms with E-state index in [0.717, 1.165) is 32.4 Å². The third kappa shape index (κ3) is 5.19. The van der Waals surface area contributed by atoms with Gasteiger partial charge in [0.2, 0.25) is 0 Å². The summed E-state index contributed by atoms with van der Waals surface area (Å²) in [7, 11) is 1.76. The Morgan fingerprint density at radius 1 is 1.11 bits per heavy atom. The quantitative estimate of drug-likeness (QED) is 0.674. The summed E-state index contributed by atoms with van der Waals surface area (Å²) >= 11 is 0. The first-order valence-corrected chi connectivity index (χ1v) is 7.13. The summed E-state index contributed by atoms with van der Waals surface area (Å²) in [5, 5.41) is 3.63. The summed E-state index contributed by atoms with van der Waals surface area (Å²) in [6.45, 7) is 6.36. The average molecular weight is 249 g/mol. The molecular formula is C16H27NO. The van der Waals surface area contributed by atoms with Crippen LogP contribution in [0.25, 0.3) is 0 Å². The lowest BCUT2D eigenvalue weighted by Crippen LogP contribution is -2.22. The van der Waals surface area contributed by atoms with Crippen LogP contribution in [0, 0.1) is 0 Å². The molecule has 1 N–H and O–H groups in total. The molecule has 1 rings (SSSR count). The van der Waals surface area contributed by atoms with Crippen molar-refractivity contribution >= 4 is 0 Å². The standard InChI is InChI=1S/C16H27NO/c1-4-14-8-10-15(11-9-14)16(5-2)17-12-6-7-13-18-3/h8-11,16-17H,4-7,12-13H2,1-3H3. The molecular weight excluding hydrogens is 222 g/mol. The highest BCUT2D eigenvalue weighted by molar-refractivity contribution is 5.24. The molecule has 0 saturated carbocycles. The van der Waals surface area contributed by atoms with Crippen molar-refractivity contribution in [2.75, 3.05) is 20.3 Å². The number of ether oxygens (including phenoxy) is 1. The highest BCUT2D eigenvalue weighted by atomic mass is 16.5. The van der Waals surface area contributed by atoms with Crippen molar-refractivity contribution in [1.82, 2.24) is 5.32 Å². The highest BCUT2D eigenvalue weighted by Crippen LogP contribution is 2.17. The Labute approximate surface area is 112 Å². The Hall–Kier alpha value is -0.860. The molecule has 0 aliphatic heterocycles. The van der Waals surface area contributed by atoms with Gasteiger partial charge in [-0.1, -0.05) is 38.1 Å². The van der Waals surface area contributed by atoms with E-state index in [0.29, 0.717) is 6.04 Å². The molecule has 102 valence electrons. The lowest BCUT2D eigenvalue weighted by atomic mass is 10.0. The van der Waals surface area contributed by atoms with Crippen LogP contribution < -0.4 is 5.32 Å². The fourth-order valence-corrected chi connectivity index (χ4v) is 2.13. The number of nitrogens with one attached hydrogen (secondary N) is 1. The molecule has 0 spiro atoms. The monoisotopic (exact) mass is 249 g/mol. The van der Waals surface area contributed by atoms with Gasteiger partial charge in [0.05, 0.1) is 0 Å². The Morgan fingerprint density at radius 3 is 2.39 bits per heavy atom. The Kier molecular flexibility index (Phi) is 7.70.